The molecule has 16 heavy (non-hydrogen) atoms. The minimum absolute atomic E-state index is 0. The average molecular weight is 251 g/mol. The number of carbonyl (C=O) groups excluding carboxylic acids is 2. The second-order valence-corrected chi connectivity index (χ2v) is 4.49. The normalized spacial score (nSPS) is 25.6. The fourth-order valence-corrected chi connectivity index (χ4v) is 2.19. The van der Waals surface area contributed by atoms with Crippen molar-refractivity contribution < 1.29 is 9.59 Å². The molecule has 0 bridgehead atoms. The largest absolute Gasteiger partial charge is 0.302 e. The van der Waals surface area contributed by atoms with E-state index >= 15 is 0 Å². The van der Waals surface area contributed by atoms with Crippen molar-refractivity contribution in [2.75, 3.05) is 7.05 Å². The third-order valence-corrected chi connectivity index (χ3v) is 3.54. The van der Waals surface area contributed by atoms with Crippen LogP contribution in [0.25, 0.3) is 0 Å². The van der Waals surface area contributed by atoms with Crippen LogP contribution in [-0.2, 0) is 9.59 Å². The molecule has 0 spiro atoms. The monoisotopic (exact) mass is 251 g/mol. The van der Waals surface area contributed by atoms with Crippen molar-refractivity contribution in [2.24, 2.45) is 11.3 Å². The first-order valence-corrected chi connectivity index (χ1v) is 5.42. The summed E-state index contributed by atoms with van der Waals surface area (Å²) >= 11 is 4.89. The van der Waals surface area contributed by atoms with Crippen molar-refractivity contribution in [3.05, 3.63) is 0 Å². The van der Waals surface area contributed by atoms with Crippen molar-refractivity contribution in [1.82, 2.24) is 10.2 Å². The molecule has 1 aliphatic heterocycles. The van der Waals surface area contributed by atoms with Gasteiger partial charge in [-0.2, -0.15) is 0 Å². The maximum Gasteiger partial charge on any atom is 0.244 e. The van der Waals surface area contributed by atoms with Gasteiger partial charge < -0.3 is 5.32 Å². The number of thiocarbonyl (C=S) groups is 1. The number of hydrogen-bond acceptors (Lipinski definition) is 3. The molecule has 4 nitrogen and oxygen atoms in total. The Balaban J connectivity index is 0.00000225. The Labute approximate surface area is 123 Å². The van der Waals surface area contributed by atoms with Crippen LogP contribution in [-0.4, -0.2) is 58.4 Å². The van der Waals surface area contributed by atoms with Gasteiger partial charge in [-0.05, 0) is 24.6 Å². The van der Waals surface area contributed by atoms with Crippen LogP contribution in [0.3, 0.4) is 0 Å². The number of carbonyl (C=O) groups is 2. The number of amides is 2. The van der Waals surface area contributed by atoms with Crippen molar-refractivity contribution >= 4 is 58.7 Å². The molecule has 0 aliphatic carbocycles. The van der Waals surface area contributed by atoms with Gasteiger partial charge in [-0.25, -0.2) is 0 Å². The molecule has 0 saturated carbocycles. The van der Waals surface area contributed by atoms with E-state index in [1.54, 1.807) is 7.05 Å². The zero-order valence-electron chi connectivity index (χ0n) is 10.5. The predicted octanol–water partition coefficient (Wildman–Crippen LogP) is 0.531. The number of nitrogens with one attached hydrogen (secondary N) is 1. The van der Waals surface area contributed by atoms with Crippen molar-refractivity contribution in [2.45, 2.75) is 27.2 Å². The second-order valence-electron chi connectivity index (χ2n) is 4.10. The van der Waals surface area contributed by atoms with E-state index in [1.165, 1.54) is 4.90 Å². The summed E-state index contributed by atoms with van der Waals surface area (Å²) < 4.78 is 0. The van der Waals surface area contributed by atoms with E-state index in [2.05, 4.69) is 5.32 Å². The second kappa shape index (κ2) is 5.58. The van der Waals surface area contributed by atoms with Crippen molar-refractivity contribution in [3.63, 3.8) is 0 Å². The molecule has 1 heterocycles. The Bertz CT molecular complexity index is 333. The summed E-state index contributed by atoms with van der Waals surface area (Å²) in [6, 6.07) is 0. The number of hydrogen-bond donors (Lipinski definition) is 1. The SMILES string of the molecule is CCC1(C(C)C)C(=O)NC(=S)N(C)C1=O.[Na]. The van der Waals surface area contributed by atoms with Crippen molar-refractivity contribution in [1.29, 1.82) is 0 Å². The van der Waals surface area contributed by atoms with E-state index in [1.807, 2.05) is 20.8 Å². The molecule has 1 fully saturated rings. The van der Waals surface area contributed by atoms with Gasteiger partial charge in [0, 0.05) is 36.6 Å². The van der Waals surface area contributed by atoms with E-state index in [4.69, 9.17) is 12.2 Å². The topological polar surface area (TPSA) is 49.4 Å². The summed E-state index contributed by atoms with van der Waals surface area (Å²) in [5.41, 5.74) is -0.961. The van der Waals surface area contributed by atoms with Crippen LogP contribution in [0.1, 0.15) is 27.2 Å². The summed E-state index contributed by atoms with van der Waals surface area (Å²) in [6.07, 6.45) is 0.488. The summed E-state index contributed by atoms with van der Waals surface area (Å²) in [6.45, 7) is 5.60. The standard InChI is InChI=1S/C10H16N2O2S.Na/c1-5-10(6(2)3)7(13)11-9(15)12(4)8(10)14;/h6H,5H2,1-4H3,(H,11,13,15);. The molecule has 0 aromatic heterocycles. The van der Waals surface area contributed by atoms with Crippen LogP contribution >= 0.6 is 12.2 Å². The van der Waals surface area contributed by atoms with Crippen LogP contribution in [0.15, 0.2) is 0 Å². The molecule has 0 aromatic rings. The summed E-state index contributed by atoms with van der Waals surface area (Å²) in [5.74, 6) is -0.512. The van der Waals surface area contributed by atoms with E-state index in [0.29, 0.717) is 6.42 Å². The number of nitrogens with zero attached hydrogens (tertiary/aromatic N) is 1. The summed E-state index contributed by atoms with van der Waals surface area (Å²) in [7, 11) is 1.59. The van der Waals surface area contributed by atoms with Gasteiger partial charge in [0.1, 0.15) is 5.41 Å². The van der Waals surface area contributed by atoms with Gasteiger partial charge >= 0.3 is 0 Å². The summed E-state index contributed by atoms with van der Waals surface area (Å²) in [4.78, 5) is 25.4. The van der Waals surface area contributed by atoms with E-state index < -0.39 is 5.41 Å². The minimum Gasteiger partial charge on any atom is -0.302 e. The van der Waals surface area contributed by atoms with Crippen LogP contribution in [0.4, 0.5) is 0 Å². The van der Waals surface area contributed by atoms with Crippen LogP contribution in [0, 0.1) is 11.3 Å². The average Bonchev–Trinajstić information content (AvgIpc) is 2.15. The first kappa shape index (κ1) is 16.0. The molecule has 1 unspecified atom stereocenters. The molecule has 2 amide bonds. The zero-order valence-corrected chi connectivity index (χ0v) is 13.3. The molecule has 1 radical (unpaired) electrons. The molecule has 0 aromatic carbocycles. The maximum absolute atomic E-state index is 12.1. The molecular formula is C10H16N2NaO2S. The van der Waals surface area contributed by atoms with E-state index in [-0.39, 0.29) is 52.4 Å². The first-order chi connectivity index (χ1) is 6.87. The fraction of sp³-hybridized carbons (Fsp3) is 0.700. The molecule has 1 rings (SSSR count). The molecule has 1 N–H and O–H groups in total. The Morgan fingerprint density at radius 1 is 1.44 bits per heavy atom. The molecule has 6 heteroatoms. The van der Waals surface area contributed by atoms with Gasteiger partial charge in [-0.1, -0.05) is 20.8 Å². The Hall–Kier alpha value is 0.0300. The van der Waals surface area contributed by atoms with E-state index in [9.17, 15) is 9.59 Å². The molecule has 85 valence electrons. The van der Waals surface area contributed by atoms with Crippen molar-refractivity contribution in [3.8, 4) is 0 Å². The minimum atomic E-state index is -0.961. The van der Waals surface area contributed by atoms with Gasteiger partial charge in [-0.15, -0.1) is 0 Å². The Morgan fingerprint density at radius 3 is 2.31 bits per heavy atom. The Kier molecular flexibility index (Phi) is 5.59. The van der Waals surface area contributed by atoms with Crippen LogP contribution < -0.4 is 5.32 Å². The molecule has 1 aliphatic rings. The van der Waals surface area contributed by atoms with Crippen LogP contribution in [0.2, 0.25) is 0 Å². The third-order valence-electron chi connectivity index (χ3n) is 3.16. The molecular weight excluding hydrogens is 235 g/mol. The van der Waals surface area contributed by atoms with E-state index in [0.717, 1.165) is 0 Å². The smallest absolute Gasteiger partial charge is 0.244 e. The van der Waals surface area contributed by atoms with Gasteiger partial charge in [0.2, 0.25) is 11.8 Å². The summed E-state index contributed by atoms with van der Waals surface area (Å²) in [5, 5.41) is 2.77. The number of rotatable bonds is 2. The van der Waals surface area contributed by atoms with Crippen LogP contribution in [0.5, 0.6) is 0 Å². The van der Waals surface area contributed by atoms with Gasteiger partial charge in [0.25, 0.3) is 0 Å². The molecule has 1 atom stereocenters. The van der Waals surface area contributed by atoms with Gasteiger partial charge in [0.05, 0.1) is 0 Å². The van der Waals surface area contributed by atoms with Gasteiger partial charge in [0.15, 0.2) is 5.11 Å². The quantitative estimate of drug-likeness (QED) is 0.442. The predicted molar refractivity (Wildman–Crippen MR) is 66.8 cm³/mol. The fourth-order valence-electron chi connectivity index (χ4n) is 2.01. The zero-order chi connectivity index (χ0) is 11.8. The first-order valence-electron chi connectivity index (χ1n) is 5.01. The van der Waals surface area contributed by atoms with Gasteiger partial charge in [-0.3, -0.25) is 14.5 Å². The maximum atomic E-state index is 12.1. The molecule has 1 saturated heterocycles. The Morgan fingerprint density at radius 2 is 1.94 bits per heavy atom. The third kappa shape index (κ3) is 2.18.